The van der Waals surface area contributed by atoms with Gasteiger partial charge in [0, 0.05) is 56.0 Å². The van der Waals surface area contributed by atoms with Crippen molar-refractivity contribution in [3.05, 3.63) is 46.1 Å². The summed E-state index contributed by atoms with van der Waals surface area (Å²) in [5, 5.41) is 13.9. The largest absolute Gasteiger partial charge is 0.356 e. The van der Waals surface area contributed by atoms with Gasteiger partial charge in [-0.15, -0.1) is 0 Å². The van der Waals surface area contributed by atoms with Crippen LogP contribution < -0.4 is 10.2 Å². The lowest BCUT2D eigenvalue weighted by Gasteiger charge is -2.33. The molecule has 8 heteroatoms. The molecule has 0 saturated carbocycles. The van der Waals surface area contributed by atoms with Gasteiger partial charge < -0.3 is 10.2 Å². The number of anilines is 1. The van der Waals surface area contributed by atoms with E-state index in [9.17, 15) is 14.9 Å². The lowest BCUT2D eigenvalue weighted by molar-refractivity contribution is -0.384. The van der Waals surface area contributed by atoms with Gasteiger partial charge in [-0.05, 0) is 25.7 Å². The zero-order valence-corrected chi connectivity index (χ0v) is 15.5. The smallest absolute Gasteiger partial charge is 0.270 e. The molecule has 1 fully saturated rings. The van der Waals surface area contributed by atoms with Crippen LogP contribution in [0.4, 0.5) is 11.5 Å². The second-order valence-corrected chi connectivity index (χ2v) is 6.89. The zero-order valence-electron chi connectivity index (χ0n) is 15.5. The van der Waals surface area contributed by atoms with Crippen LogP contribution >= 0.6 is 0 Å². The van der Waals surface area contributed by atoms with Crippen molar-refractivity contribution in [2.24, 2.45) is 5.92 Å². The number of nitro benzene ring substituents is 1. The van der Waals surface area contributed by atoms with Crippen LogP contribution in [-0.4, -0.2) is 40.4 Å². The molecule has 1 amide bonds. The molecule has 1 aliphatic heterocycles. The fraction of sp³-hybridized carbons (Fsp3) is 0.421. The van der Waals surface area contributed by atoms with Crippen LogP contribution in [0.5, 0.6) is 0 Å². The Morgan fingerprint density at radius 2 is 2.19 bits per heavy atom. The quantitative estimate of drug-likeness (QED) is 0.642. The minimum atomic E-state index is -0.419. The van der Waals surface area contributed by atoms with E-state index < -0.39 is 4.92 Å². The van der Waals surface area contributed by atoms with Crippen molar-refractivity contribution in [1.29, 1.82) is 0 Å². The number of nitro groups is 1. The number of hydrogen-bond acceptors (Lipinski definition) is 6. The van der Waals surface area contributed by atoms with Gasteiger partial charge in [0.25, 0.3) is 5.69 Å². The minimum absolute atomic E-state index is 0.0158. The molecule has 0 bridgehead atoms. The number of carbonyl (C=O) groups is 1. The second-order valence-electron chi connectivity index (χ2n) is 6.89. The molecule has 142 valence electrons. The van der Waals surface area contributed by atoms with Crippen LogP contribution in [0.1, 0.15) is 25.5 Å². The van der Waals surface area contributed by atoms with E-state index in [1.165, 1.54) is 19.1 Å². The van der Waals surface area contributed by atoms with Crippen molar-refractivity contribution in [1.82, 2.24) is 15.3 Å². The van der Waals surface area contributed by atoms with Crippen molar-refractivity contribution in [3.8, 4) is 11.4 Å². The summed E-state index contributed by atoms with van der Waals surface area (Å²) in [5.74, 6) is 1.66. The van der Waals surface area contributed by atoms with Crippen LogP contribution in [0, 0.1) is 23.0 Å². The number of aryl methyl sites for hydroxylation is 1. The molecule has 1 atom stereocenters. The van der Waals surface area contributed by atoms with E-state index in [4.69, 9.17) is 0 Å². The van der Waals surface area contributed by atoms with Gasteiger partial charge >= 0.3 is 0 Å². The summed E-state index contributed by atoms with van der Waals surface area (Å²) in [6.07, 6.45) is 2.10. The summed E-state index contributed by atoms with van der Waals surface area (Å²) in [7, 11) is 0. The zero-order chi connectivity index (χ0) is 19.4. The highest BCUT2D eigenvalue weighted by atomic mass is 16.6. The lowest BCUT2D eigenvalue weighted by atomic mass is 9.98. The van der Waals surface area contributed by atoms with Crippen LogP contribution in [0.2, 0.25) is 0 Å². The van der Waals surface area contributed by atoms with Crippen LogP contribution in [-0.2, 0) is 4.79 Å². The molecule has 27 heavy (non-hydrogen) atoms. The Bertz CT molecular complexity index is 855. The molecule has 1 unspecified atom stereocenters. The first-order valence-electron chi connectivity index (χ1n) is 9.02. The van der Waals surface area contributed by atoms with E-state index in [1.807, 2.05) is 13.0 Å². The first-order chi connectivity index (χ1) is 12.9. The van der Waals surface area contributed by atoms with Crippen LogP contribution in [0.25, 0.3) is 11.4 Å². The van der Waals surface area contributed by atoms with Crippen LogP contribution in [0.3, 0.4) is 0 Å². The number of non-ortho nitro benzene ring substituents is 1. The third-order valence-corrected chi connectivity index (χ3v) is 4.64. The highest BCUT2D eigenvalue weighted by molar-refractivity contribution is 5.72. The average Bonchev–Trinajstić information content (AvgIpc) is 2.66. The van der Waals surface area contributed by atoms with E-state index in [-0.39, 0.29) is 11.6 Å². The van der Waals surface area contributed by atoms with Gasteiger partial charge in [-0.25, -0.2) is 9.97 Å². The third kappa shape index (κ3) is 4.78. The molecule has 1 saturated heterocycles. The molecule has 2 aromatic rings. The molecule has 0 radical (unpaired) electrons. The summed E-state index contributed by atoms with van der Waals surface area (Å²) < 4.78 is 0. The van der Waals surface area contributed by atoms with Crippen molar-refractivity contribution in [2.45, 2.75) is 26.7 Å². The molecular formula is C19H23N5O3. The van der Waals surface area contributed by atoms with Gasteiger partial charge in [-0.3, -0.25) is 14.9 Å². The summed E-state index contributed by atoms with van der Waals surface area (Å²) in [4.78, 5) is 33.1. The SMILES string of the molecule is CC(=O)NCC1CCCN(c2cc(C)nc(-c3cccc([N+](=O)[O-])c3)n2)C1. The van der Waals surface area contributed by atoms with Gasteiger partial charge in [0.05, 0.1) is 4.92 Å². The number of nitrogens with zero attached hydrogens (tertiary/aromatic N) is 4. The first kappa shape index (κ1) is 18.8. The van der Waals surface area contributed by atoms with Crippen LogP contribution in [0.15, 0.2) is 30.3 Å². The Morgan fingerprint density at radius 3 is 2.93 bits per heavy atom. The molecule has 1 aromatic carbocycles. The number of carbonyl (C=O) groups excluding carboxylic acids is 1. The second kappa shape index (κ2) is 8.11. The van der Waals surface area contributed by atoms with E-state index in [2.05, 4.69) is 20.2 Å². The Kier molecular flexibility index (Phi) is 5.63. The predicted molar refractivity (Wildman–Crippen MR) is 102 cm³/mol. The molecule has 0 aliphatic carbocycles. The Hall–Kier alpha value is -3.03. The van der Waals surface area contributed by atoms with E-state index >= 15 is 0 Å². The monoisotopic (exact) mass is 369 g/mol. The molecule has 0 spiro atoms. The van der Waals surface area contributed by atoms with Crippen molar-refractivity contribution >= 4 is 17.4 Å². The number of rotatable bonds is 5. The minimum Gasteiger partial charge on any atom is -0.356 e. The van der Waals surface area contributed by atoms with Gasteiger partial charge in [0.1, 0.15) is 5.82 Å². The molecule has 8 nitrogen and oxygen atoms in total. The summed E-state index contributed by atoms with van der Waals surface area (Å²) in [6.45, 7) is 5.78. The molecule has 3 rings (SSSR count). The summed E-state index contributed by atoms with van der Waals surface area (Å²) in [6, 6.07) is 8.30. The lowest BCUT2D eigenvalue weighted by Crippen LogP contribution is -2.41. The number of aromatic nitrogens is 2. The average molecular weight is 369 g/mol. The first-order valence-corrected chi connectivity index (χ1v) is 9.02. The van der Waals surface area contributed by atoms with E-state index in [0.29, 0.717) is 23.9 Å². The number of amides is 1. The number of nitrogens with one attached hydrogen (secondary N) is 1. The molecule has 2 heterocycles. The Balaban J connectivity index is 1.84. The fourth-order valence-corrected chi connectivity index (χ4v) is 3.33. The van der Waals surface area contributed by atoms with Crippen molar-refractivity contribution in [2.75, 3.05) is 24.5 Å². The van der Waals surface area contributed by atoms with E-state index in [0.717, 1.165) is 37.4 Å². The maximum Gasteiger partial charge on any atom is 0.270 e. The predicted octanol–water partition coefficient (Wildman–Crippen LogP) is 2.71. The topological polar surface area (TPSA) is 101 Å². The maximum absolute atomic E-state index is 11.2. The van der Waals surface area contributed by atoms with Gasteiger partial charge in [-0.2, -0.15) is 0 Å². The summed E-state index contributed by atoms with van der Waals surface area (Å²) >= 11 is 0. The third-order valence-electron chi connectivity index (χ3n) is 4.64. The normalized spacial score (nSPS) is 16.8. The van der Waals surface area contributed by atoms with Crippen molar-refractivity contribution in [3.63, 3.8) is 0 Å². The Morgan fingerprint density at radius 1 is 1.37 bits per heavy atom. The maximum atomic E-state index is 11.2. The van der Waals surface area contributed by atoms with E-state index in [1.54, 1.807) is 12.1 Å². The molecule has 1 N–H and O–H groups in total. The fourth-order valence-electron chi connectivity index (χ4n) is 3.33. The highest BCUT2D eigenvalue weighted by Gasteiger charge is 2.22. The number of benzene rings is 1. The molecular weight excluding hydrogens is 346 g/mol. The molecule has 1 aliphatic rings. The Labute approximate surface area is 157 Å². The van der Waals surface area contributed by atoms with Gasteiger partial charge in [0.2, 0.25) is 5.91 Å². The number of hydrogen-bond donors (Lipinski definition) is 1. The summed E-state index contributed by atoms with van der Waals surface area (Å²) in [5.41, 5.74) is 1.46. The van der Waals surface area contributed by atoms with Crippen molar-refractivity contribution < 1.29 is 9.72 Å². The number of piperidine rings is 1. The van der Waals surface area contributed by atoms with Gasteiger partial charge in [0.15, 0.2) is 5.82 Å². The standard InChI is InChI=1S/C19H23N5O3/c1-13-9-18(23-8-4-5-15(12-23)11-20-14(2)25)22-19(21-13)16-6-3-7-17(10-16)24(26)27/h3,6-7,9-10,15H,4-5,8,11-12H2,1-2H3,(H,20,25). The molecule has 1 aromatic heterocycles. The van der Waals surface area contributed by atoms with Gasteiger partial charge in [-0.1, -0.05) is 12.1 Å². The highest BCUT2D eigenvalue weighted by Crippen LogP contribution is 2.26.